The molecular formula is C15H20O2. The Labute approximate surface area is 103 Å². The summed E-state index contributed by atoms with van der Waals surface area (Å²) >= 11 is 0. The number of fused-ring (bicyclic) bond motifs is 3. The van der Waals surface area contributed by atoms with Crippen molar-refractivity contribution in [3.8, 4) is 0 Å². The molecule has 0 unspecified atom stereocenters. The molecule has 0 bridgehead atoms. The Balaban J connectivity index is 2.00. The largest absolute Gasteiger partial charge is 0.458 e. The molecule has 2 heteroatoms. The summed E-state index contributed by atoms with van der Waals surface area (Å²) in [6.45, 7) is 8.47. The normalized spacial score (nSPS) is 44.8. The standard InChI is InChI=1S/C15H20O2/c1-9-5-4-7-15(3)8-6-11-10(2)14(16)17-13(11)12(9)15/h5,11-13H,2,4,6-8H2,1,3H3/t11-,12+,13-,15+/m0/s1. The van der Waals surface area contributed by atoms with E-state index in [2.05, 4.69) is 26.5 Å². The Morgan fingerprint density at radius 2 is 2.24 bits per heavy atom. The maximum absolute atomic E-state index is 11.7. The number of hydrogen-bond donors (Lipinski definition) is 0. The molecule has 0 amide bonds. The zero-order valence-electron chi connectivity index (χ0n) is 10.7. The molecule has 17 heavy (non-hydrogen) atoms. The molecule has 1 aliphatic heterocycles. The van der Waals surface area contributed by atoms with E-state index in [1.165, 1.54) is 24.8 Å². The maximum atomic E-state index is 11.7. The molecule has 0 spiro atoms. The second-order valence-electron chi connectivity index (χ2n) is 6.16. The molecule has 3 aliphatic rings. The third-order valence-corrected chi connectivity index (χ3v) is 5.13. The van der Waals surface area contributed by atoms with Gasteiger partial charge in [0.05, 0.1) is 0 Å². The minimum atomic E-state index is -0.164. The molecule has 3 rings (SSSR count). The Morgan fingerprint density at radius 3 is 3.00 bits per heavy atom. The van der Waals surface area contributed by atoms with Crippen molar-refractivity contribution in [1.29, 1.82) is 0 Å². The zero-order chi connectivity index (χ0) is 12.2. The third kappa shape index (κ3) is 1.42. The number of carbonyl (C=O) groups excluding carboxylic acids is 1. The molecular weight excluding hydrogens is 212 g/mol. The summed E-state index contributed by atoms with van der Waals surface area (Å²) < 4.78 is 5.60. The summed E-state index contributed by atoms with van der Waals surface area (Å²) in [7, 11) is 0. The van der Waals surface area contributed by atoms with Crippen molar-refractivity contribution in [1.82, 2.24) is 0 Å². The van der Waals surface area contributed by atoms with Crippen LogP contribution in [0.25, 0.3) is 0 Å². The van der Waals surface area contributed by atoms with Gasteiger partial charge in [0.1, 0.15) is 6.10 Å². The van der Waals surface area contributed by atoms with Gasteiger partial charge in [-0.05, 0) is 38.0 Å². The summed E-state index contributed by atoms with van der Waals surface area (Å²) in [6.07, 6.45) is 7.04. The molecule has 2 fully saturated rings. The monoisotopic (exact) mass is 232 g/mol. The second kappa shape index (κ2) is 3.47. The van der Waals surface area contributed by atoms with E-state index in [0.717, 1.165) is 6.42 Å². The van der Waals surface area contributed by atoms with Gasteiger partial charge in [0.2, 0.25) is 0 Å². The van der Waals surface area contributed by atoms with E-state index >= 15 is 0 Å². The lowest BCUT2D eigenvalue weighted by Crippen LogP contribution is -2.45. The van der Waals surface area contributed by atoms with Gasteiger partial charge in [-0.25, -0.2) is 4.79 Å². The highest BCUT2D eigenvalue weighted by Gasteiger charge is 2.54. The van der Waals surface area contributed by atoms with Crippen LogP contribution in [0.3, 0.4) is 0 Å². The summed E-state index contributed by atoms with van der Waals surface area (Å²) in [4.78, 5) is 11.7. The van der Waals surface area contributed by atoms with Gasteiger partial charge in [-0.1, -0.05) is 25.2 Å². The van der Waals surface area contributed by atoms with Gasteiger partial charge < -0.3 is 4.74 Å². The second-order valence-corrected chi connectivity index (χ2v) is 6.16. The van der Waals surface area contributed by atoms with Crippen LogP contribution in [0.5, 0.6) is 0 Å². The Morgan fingerprint density at radius 1 is 1.47 bits per heavy atom. The van der Waals surface area contributed by atoms with E-state index in [4.69, 9.17) is 4.74 Å². The molecule has 1 saturated heterocycles. The van der Waals surface area contributed by atoms with Gasteiger partial charge in [-0.3, -0.25) is 0 Å². The van der Waals surface area contributed by atoms with Gasteiger partial charge in [-0.2, -0.15) is 0 Å². The van der Waals surface area contributed by atoms with Crippen molar-refractivity contribution in [2.75, 3.05) is 0 Å². The quantitative estimate of drug-likeness (QED) is 0.364. The van der Waals surface area contributed by atoms with Gasteiger partial charge in [0.25, 0.3) is 0 Å². The first-order chi connectivity index (χ1) is 8.03. The predicted molar refractivity (Wildman–Crippen MR) is 66.3 cm³/mol. The lowest BCUT2D eigenvalue weighted by molar-refractivity contribution is -0.144. The fourth-order valence-electron chi connectivity index (χ4n) is 4.15. The van der Waals surface area contributed by atoms with E-state index in [-0.39, 0.29) is 18.0 Å². The minimum absolute atomic E-state index is 0.0605. The molecule has 0 aromatic rings. The third-order valence-electron chi connectivity index (χ3n) is 5.13. The topological polar surface area (TPSA) is 26.3 Å². The molecule has 4 atom stereocenters. The van der Waals surface area contributed by atoms with Crippen molar-refractivity contribution >= 4 is 5.97 Å². The number of allylic oxidation sites excluding steroid dienone is 1. The molecule has 0 aromatic heterocycles. The summed E-state index contributed by atoms with van der Waals surface area (Å²) in [5, 5.41) is 0. The van der Waals surface area contributed by atoms with Crippen LogP contribution in [-0.4, -0.2) is 12.1 Å². The Hall–Kier alpha value is -1.05. The van der Waals surface area contributed by atoms with Crippen LogP contribution < -0.4 is 0 Å². The number of rotatable bonds is 0. The fourth-order valence-corrected chi connectivity index (χ4v) is 4.15. The number of carbonyl (C=O) groups is 1. The number of ether oxygens (including phenoxy) is 1. The molecule has 2 nitrogen and oxygen atoms in total. The van der Waals surface area contributed by atoms with Crippen LogP contribution in [0.15, 0.2) is 23.8 Å². The molecule has 92 valence electrons. The fraction of sp³-hybridized carbons (Fsp3) is 0.667. The highest BCUT2D eigenvalue weighted by Crippen LogP contribution is 2.55. The first-order valence-electron chi connectivity index (χ1n) is 6.59. The van der Waals surface area contributed by atoms with Crippen LogP contribution in [0.1, 0.15) is 39.5 Å². The van der Waals surface area contributed by atoms with Crippen LogP contribution in [0, 0.1) is 17.3 Å². The van der Waals surface area contributed by atoms with Gasteiger partial charge in [-0.15, -0.1) is 0 Å². The van der Waals surface area contributed by atoms with Gasteiger partial charge >= 0.3 is 5.97 Å². The van der Waals surface area contributed by atoms with E-state index in [1.807, 2.05) is 0 Å². The predicted octanol–water partition coefficient (Wildman–Crippen LogP) is 3.24. The molecule has 0 aromatic carbocycles. The first-order valence-corrected chi connectivity index (χ1v) is 6.59. The first kappa shape index (κ1) is 11.1. The average molecular weight is 232 g/mol. The molecule has 1 heterocycles. The van der Waals surface area contributed by atoms with Crippen LogP contribution in [-0.2, 0) is 9.53 Å². The number of esters is 1. The van der Waals surface area contributed by atoms with Gasteiger partial charge in [0.15, 0.2) is 0 Å². The van der Waals surface area contributed by atoms with E-state index < -0.39 is 0 Å². The van der Waals surface area contributed by atoms with Crippen LogP contribution >= 0.6 is 0 Å². The highest BCUT2D eigenvalue weighted by molar-refractivity contribution is 5.91. The zero-order valence-corrected chi connectivity index (χ0v) is 10.7. The van der Waals surface area contributed by atoms with Crippen molar-refractivity contribution in [3.63, 3.8) is 0 Å². The molecule has 0 N–H and O–H groups in total. The average Bonchev–Trinajstić information content (AvgIpc) is 2.54. The van der Waals surface area contributed by atoms with Gasteiger partial charge in [0, 0.05) is 17.4 Å². The van der Waals surface area contributed by atoms with Crippen LogP contribution in [0.4, 0.5) is 0 Å². The number of hydrogen-bond acceptors (Lipinski definition) is 2. The molecule has 0 radical (unpaired) electrons. The SMILES string of the molecule is C=C1C(=O)O[C@@H]2[C@H]3C(C)=CCC[C@]3(C)CC[C@@H]12. The molecule has 1 saturated carbocycles. The Kier molecular flexibility index (Phi) is 2.26. The minimum Gasteiger partial charge on any atom is -0.458 e. The summed E-state index contributed by atoms with van der Waals surface area (Å²) in [5.41, 5.74) is 2.44. The maximum Gasteiger partial charge on any atom is 0.334 e. The smallest absolute Gasteiger partial charge is 0.334 e. The Bertz CT molecular complexity index is 421. The van der Waals surface area contributed by atoms with E-state index in [0.29, 0.717) is 16.9 Å². The van der Waals surface area contributed by atoms with E-state index in [1.54, 1.807) is 0 Å². The van der Waals surface area contributed by atoms with Crippen molar-refractivity contribution in [2.45, 2.75) is 45.6 Å². The van der Waals surface area contributed by atoms with E-state index in [9.17, 15) is 4.79 Å². The summed E-state index contributed by atoms with van der Waals surface area (Å²) in [5.74, 6) is 0.517. The lowest BCUT2D eigenvalue weighted by atomic mass is 9.56. The molecule has 2 aliphatic carbocycles. The van der Waals surface area contributed by atoms with Crippen molar-refractivity contribution in [3.05, 3.63) is 23.8 Å². The van der Waals surface area contributed by atoms with Crippen LogP contribution in [0.2, 0.25) is 0 Å². The highest BCUT2D eigenvalue weighted by atomic mass is 16.6. The summed E-state index contributed by atoms with van der Waals surface area (Å²) in [6, 6.07) is 0. The van der Waals surface area contributed by atoms with Crippen molar-refractivity contribution in [2.24, 2.45) is 17.3 Å². The van der Waals surface area contributed by atoms with Crippen molar-refractivity contribution < 1.29 is 9.53 Å². The lowest BCUT2D eigenvalue weighted by Gasteiger charge is -2.49.